The molecule has 1 fully saturated rings. The van der Waals surface area contributed by atoms with Crippen molar-refractivity contribution in [2.45, 2.75) is 12.3 Å². The second-order valence-electron chi connectivity index (χ2n) is 6.27. The molecule has 3 heterocycles. The van der Waals surface area contributed by atoms with E-state index in [0.717, 1.165) is 19.5 Å². The standard InChI is InChI=1S/C17H23FN4O2/c1-24-15-3-2-14-17(21-15)16(13(18)7-20-14)12(10-23)9-22-5-4-11(6-19)8-22/h2-3,7,11-12,23H,4-6,8-10,19H2,1H3/t11-,12?/m0/s1. The molecule has 1 saturated heterocycles. The lowest BCUT2D eigenvalue weighted by atomic mass is 9.97. The topological polar surface area (TPSA) is 84.5 Å². The summed E-state index contributed by atoms with van der Waals surface area (Å²) in [6.45, 7) is 2.88. The summed E-state index contributed by atoms with van der Waals surface area (Å²) in [4.78, 5) is 10.7. The van der Waals surface area contributed by atoms with Gasteiger partial charge in [0.1, 0.15) is 5.82 Å². The Hall–Kier alpha value is -1.83. The summed E-state index contributed by atoms with van der Waals surface area (Å²) in [7, 11) is 1.52. The predicted molar refractivity (Wildman–Crippen MR) is 89.5 cm³/mol. The number of rotatable bonds is 6. The predicted octanol–water partition coefficient (Wildman–Crippen LogP) is 1.13. The average Bonchev–Trinajstić information content (AvgIpc) is 3.07. The molecule has 0 spiro atoms. The van der Waals surface area contributed by atoms with Crippen molar-refractivity contribution in [1.82, 2.24) is 14.9 Å². The van der Waals surface area contributed by atoms with Gasteiger partial charge >= 0.3 is 0 Å². The summed E-state index contributed by atoms with van der Waals surface area (Å²) in [6, 6.07) is 3.44. The first-order valence-electron chi connectivity index (χ1n) is 8.18. The van der Waals surface area contributed by atoms with Crippen molar-refractivity contribution in [3.05, 3.63) is 29.7 Å². The SMILES string of the molecule is COc1ccc2ncc(F)c(C(CO)CN3CC[C@@H](CN)C3)c2n1. The van der Waals surface area contributed by atoms with E-state index >= 15 is 0 Å². The minimum absolute atomic E-state index is 0.154. The number of ether oxygens (including phenoxy) is 1. The molecule has 0 aliphatic carbocycles. The van der Waals surface area contributed by atoms with Crippen molar-refractivity contribution in [2.75, 3.05) is 39.9 Å². The van der Waals surface area contributed by atoms with Gasteiger partial charge in [-0.05, 0) is 31.5 Å². The van der Waals surface area contributed by atoms with Crippen LogP contribution in [-0.4, -0.2) is 59.9 Å². The molecule has 2 aromatic heterocycles. The van der Waals surface area contributed by atoms with E-state index in [9.17, 15) is 9.50 Å². The molecule has 24 heavy (non-hydrogen) atoms. The molecule has 3 rings (SSSR count). The molecule has 6 nitrogen and oxygen atoms in total. The fourth-order valence-electron chi connectivity index (χ4n) is 3.37. The fraction of sp³-hybridized carbons (Fsp3) is 0.529. The molecule has 0 aromatic carbocycles. The van der Waals surface area contributed by atoms with Gasteiger partial charge in [0.25, 0.3) is 0 Å². The number of methoxy groups -OCH3 is 1. The third-order valence-corrected chi connectivity index (χ3v) is 4.70. The molecule has 3 N–H and O–H groups in total. The molecule has 0 amide bonds. The van der Waals surface area contributed by atoms with Gasteiger partial charge in [-0.3, -0.25) is 4.98 Å². The number of hydrogen-bond acceptors (Lipinski definition) is 6. The van der Waals surface area contributed by atoms with E-state index in [2.05, 4.69) is 14.9 Å². The van der Waals surface area contributed by atoms with E-state index in [-0.39, 0.29) is 12.5 Å². The zero-order chi connectivity index (χ0) is 17.1. The molecule has 1 unspecified atom stereocenters. The van der Waals surface area contributed by atoms with Gasteiger partial charge in [0, 0.05) is 30.6 Å². The minimum Gasteiger partial charge on any atom is -0.481 e. The van der Waals surface area contributed by atoms with Crippen LogP contribution in [0.25, 0.3) is 11.0 Å². The van der Waals surface area contributed by atoms with Crippen LogP contribution in [0.2, 0.25) is 0 Å². The Balaban J connectivity index is 1.94. The molecule has 130 valence electrons. The first-order chi connectivity index (χ1) is 11.7. The summed E-state index contributed by atoms with van der Waals surface area (Å²) < 4.78 is 19.7. The van der Waals surface area contributed by atoms with Crippen LogP contribution in [0.4, 0.5) is 4.39 Å². The second kappa shape index (κ2) is 7.38. The molecule has 0 radical (unpaired) electrons. The van der Waals surface area contributed by atoms with Crippen molar-refractivity contribution < 1.29 is 14.2 Å². The van der Waals surface area contributed by atoms with E-state index in [1.54, 1.807) is 12.1 Å². The Morgan fingerprint density at radius 3 is 3.00 bits per heavy atom. The molecule has 1 aliphatic heterocycles. The first kappa shape index (κ1) is 17.0. The summed E-state index contributed by atoms with van der Waals surface area (Å²) >= 11 is 0. The molecular formula is C17H23FN4O2. The number of pyridine rings is 2. The third-order valence-electron chi connectivity index (χ3n) is 4.70. The summed E-state index contributed by atoms with van der Waals surface area (Å²) in [5, 5.41) is 9.88. The van der Waals surface area contributed by atoms with Crippen LogP contribution in [0.3, 0.4) is 0 Å². The third kappa shape index (κ3) is 3.33. The van der Waals surface area contributed by atoms with Crippen LogP contribution in [0.5, 0.6) is 5.88 Å². The van der Waals surface area contributed by atoms with Crippen molar-refractivity contribution in [3.63, 3.8) is 0 Å². The smallest absolute Gasteiger partial charge is 0.213 e. The second-order valence-corrected chi connectivity index (χ2v) is 6.27. The van der Waals surface area contributed by atoms with Crippen molar-refractivity contribution in [3.8, 4) is 5.88 Å². The zero-order valence-electron chi connectivity index (χ0n) is 13.8. The molecule has 2 atom stereocenters. The van der Waals surface area contributed by atoms with Gasteiger partial charge in [-0.15, -0.1) is 0 Å². The van der Waals surface area contributed by atoms with E-state index < -0.39 is 5.82 Å². The van der Waals surface area contributed by atoms with Crippen molar-refractivity contribution in [1.29, 1.82) is 0 Å². The maximum absolute atomic E-state index is 14.5. The van der Waals surface area contributed by atoms with Crippen LogP contribution < -0.4 is 10.5 Å². The zero-order valence-corrected chi connectivity index (χ0v) is 13.8. The maximum atomic E-state index is 14.5. The number of fused-ring (bicyclic) bond motifs is 1. The quantitative estimate of drug-likeness (QED) is 0.824. The van der Waals surface area contributed by atoms with E-state index in [1.165, 1.54) is 13.3 Å². The Bertz CT molecular complexity index is 712. The van der Waals surface area contributed by atoms with Gasteiger partial charge in [-0.1, -0.05) is 0 Å². The molecule has 0 bridgehead atoms. The van der Waals surface area contributed by atoms with Gasteiger partial charge < -0.3 is 20.5 Å². The summed E-state index contributed by atoms with van der Waals surface area (Å²) in [5.74, 6) is 0.0577. The molecular weight excluding hydrogens is 311 g/mol. The van der Waals surface area contributed by atoms with E-state index in [1.807, 2.05) is 0 Å². The van der Waals surface area contributed by atoms with Gasteiger partial charge in [0.2, 0.25) is 5.88 Å². The van der Waals surface area contributed by atoms with Gasteiger partial charge in [-0.2, -0.15) is 0 Å². The van der Waals surface area contributed by atoms with Gasteiger partial charge in [0.05, 0.1) is 30.9 Å². The monoisotopic (exact) mass is 334 g/mol. The largest absolute Gasteiger partial charge is 0.481 e. The molecule has 7 heteroatoms. The van der Waals surface area contributed by atoms with Gasteiger partial charge in [-0.25, -0.2) is 9.37 Å². The van der Waals surface area contributed by atoms with Crippen LogP contribution >= 0.6 is 0 Å². The molecule has 0 saturated carbocycles. The number of aromatic nitrogens is 2. The highest BCUT2D eigenvalue weighted by atomic mass is 19.1. The maximum Gasteiger partial charge on any atom is 0.213 e. The first-order valence-corrected chi connectivity index (χ1v) is 8.18. The number of halogens is 1. The van der Waals surface area contributed by atoms with Crippen LogP contribution in [0.1, 0.15) is 17.9 Å². The number of nitrogens with two attached hydrogens (primary N) is 1. The number of aliphatic hydroxyl groups is 1. The highest BCUT2D eigenvalue weighted by Gasteiger charge is 2.27. The summed E-state index contributed by atoms with van der Waals surface area (Å²) in [6.07, 6.45) is 2.24. The minimum atomic E-state index is -0.447. The van der Waals surface area contributed by atoms with Crippen molar-refractivity contribution >= 4 is 11.0 Å². The lowest BCUT2D eigenvalue weighted by Crippen LogP contribution is -2.30. The molecule has 1 aliphatic rings. The Kier molecular flexibility index (Phi) is 5.23. The number of nitrogens with zero attached hydrogens (tertiary/aromatic N) is 3. The highest BCUT2D eigenvalue weighted by Crippen LogP contribution is 2.29. The van der Waals surface area contributed by atoms with E-state index in [4.69, 9.17) is 10.5 Å². The van der Waals surface area contributed by atoms with Crippen LogP contribution in [-0.2, 0) is 0 Å². The van der Waals surface area contributed by atoms with E-state index in [0.29, 0.717) is 41.5 Å². The number of aliphatic hydroxyl groups excluding tert-OH is 1. The van der Waals surface area contributed by atoms with Crippen LogP contribution in [0, 0.1) is 11.7 Å². The normalized spacial score (nSPS) is 19.8. The molecule has 2 aromatic rings. The van der Waals surface area contributed by atoms with Crippen molar-refractivity contribution in [2.24, 2.45) is 11.7 Å². The number of likely N-dealkylation sites (tertiary alicyclic amines) is 1. The highest BCUT2D eigenvalue weighted by molar-refractivity contribution is 5.79. The summed E-state index contributed by atoms with van der Waals surface area (Å²) in [5.41, 5.74) is 7.17. The van der Waals surface area contributed by atoms with Gasteiger partial charge in [0.15, 0.2) is 0 Å². The lowest BCUT2D eigenvalue weighted by molar-refractivity contribution is 0.215. The Labute approximate surface area is 140 Å². The number of hydrogen-bond donors (Lipinski definition) is 2. The van der Waals surface area contributed by atoms with Crippen LogP contribution in [0.15, 0.2) is 18.3 Å². The average molecular weight is 334 g/mol. The fourth-order valence-corrected chi connectivity index (χ4v) is 3.37. The Morgan fingerprint density at radius 1 is 1.50 bits per heavy atom. The lowest BCUT2D eigenvalue weighted by Gasteiger charge is -2.23. The Morgan fingerprint density at radius 2 is 2.33 bits per heavy atom.